The Kier molecular flexibility index (Phi) is 21.7. The van der Waals surface area contributed by atoms with Gasteiger partial charge in [0.1, 0.15) is 0 Å². The van der Waals surface area contributed by atoms with E-state index in [1.807, 2.05) is 10.8 Å². The molecule has 13 heavy (non-hydrogen) atoms. The van der Waals surface area contributed by atoms with Gasteiger partial charge < -0.3 is 33.6 Å². The number of hydrogen-bond acceptors (Lipinski definition) is 4. The third-order valence-corrected chi connectivity index (χ3v) is 1.55. The normalized spacial score (nSPS) is 6.15. The van der Waals surface area contributed by atoms with Crippen molar-refractivity contribution in [3.63, 3.8) is 0 Å². The molecule has 2 nitrogen and oxygen atoms in total. The average molecular weight is 295 g/mol. The van der Waals surface area contributed by atoms with Crippen molar-refractivity contribution in [3.8, 4) is 0 Å². The van der Waals surface area contributed by atoms with E-state index in [2.05, 4.69) is 21.1 Å². The Balaban J connectivity index is -0.000000125. The predicted octanol–water partition coefficient (Wildman–Crippen LogP) is -4.11. The summed E-state index contributed by atoms with van der Waals surface area (Å²) in [5.41, 5.74) is 0. The van der Waals surface area contributed by atoms with E-state index in [9.17, 15) is 0 Å². The second-order valence-corrected chi connectivity index (χ2v) is 2.59. The molecule has 0 saturated heterocycles. The Morgan fingerprint density at radius 3 is 1.31 bits per heavy atom. The van der Waals surface area contributed by atoms with E-state index >= 15 is 0 Å². The second-order valence-electron chi connectivity index (χ2n) is 1.26. The molecule has 2 rings (SSSR count). The van der Waals surface area contributed by atoms with Gasteiger partial charge in [-0.05, 0) is 0 Å². The van der Waals surface area contributed by atoms with Crippen LogP contribution in [0.15, 0.2) is 22.9 Å². The van der Waals surface area contributed by atoms with Crippen LogP contribution in [0.4, 0.5) is 0 Å². The standard InChI is InChI=1S/2C3H2NS.2ClH.Fe/c2*1-2-4-5-3-1;;;/h2*1,3H;2*1H;/q2*-1;;;+4/p-2. The predicted molar refractivity (Wildman–Crippen MR) is 41.9 cm³/mol. The van der Waals surface area contributed by atoms with Crippen LogP contribution < -0.4 is 24.8 Å². The van der Waals surface area contributed by atoms with Crippen LogP contribution in [0.5, 0.6) is 0 Å². The minimum Gasteiger partial charge on any atom is -1.00 e. The Labute approximate surface area is 108 Å². The van der Waals surface area contributed by atoms with Crippen LogP contribution in [0.1, 0.15) is 0 Å². The van der Waals surface area contributed by atoms with Crippen molar-refractivity contribution in [2.45, 2.75) is 0 Å². The molecular formula is C6H4Cl2FeN2S2. The van der Waals surface area contributed by atoms with Crippen molar-refractivity contribution >= 4 is 23.1 Å². The van der Waals surface area contributed by atoms with E-state index in [-0.39, 0.29) is 41.9 Å². The van der Waals surface area contributed by atoms with Crippen molar-refractivity contribution < 1.29 is 41.9 Å². The molecule has 0 bridgehead atoms. The summed E-state index contributed by atoms with van der Waals surface area (Å²) in [7, 11) is 0. The Hall–Kier alpha value is 0.359. The first-order chi connectivity index (χ1) is 5.00. The van der Waals surface area contributed by atoms with Crippen LogP contribution in [-0.2, 0) is 17.1 Å². The largest absolute Gasteiger partial charge is 4.00 e. The van der Waals surface area contributed by atoms with Crippen LogP contribution in [0, 0.1) is 12.4 Å². The molecule has 2 aromatic rings. The van der Waals surface area contributed by atoms with Crippen LogP contribution in [-0.4, -0.2) is 8.75 Å². The first-order valence-electron chi connectivity index (χ1n) is 2.53. The van der Waals surface area contributed by atoms with Gasteiger partial charge in [-0.25, -0.2) is 12.1 Å². The smallest absolute Gasteiger partial charge is 1.00 e. The summed E-state index contributed by atoms with van der Waals surface area (Å²) in [6.07, 6.45) is 5.26. The number of halogens is 2. The fourth-order valence-corrected chi connectivity index (χ4v) is 0.913. The first kappa shape index (κ1) is 19.0. The summed E-state index contributed by atoms with van der Waals surface area (Å²) >= 11 is 2.81. The minimum atomic E-state index is 0. The van der Waals surface area contributed by atoms with E-state index < -0.39 is 0 Å². The van der Waals surface area contributed by atoms with Gasteiger partial charge in [-0.1, -0.05) is 0 Å². The summed E-state index contributed by atoms with van der Waals surface area (Å²) < 4.78 is 7.28. The summed E-state index contributed by atoms with van der Waals surface area (Å²) in [6.45, 7) is 0. The monoisotopic (exact) mass is 294 g/mol. The average Bonchev–Trinajstić information content (AvgIpc) is 2.67. The SMILES string of the molecule is [Cl-].[Cl-].[Fe+4].[c-]1ccsn1.[c-]1ccsn1. The van der Waals surface area contributed by atoms with Gasteiger partial charge in [-0.2, -0.15) is 23.1 Å². The van der Waals surface area contributed by atoms with Gasteiger partial charge in [-0.3, -0.25) is 0 Å². The maximum atomic E-state index is 3.64. The van der Waals surface area contributed by atoms with Gasteiger partial charge in [0.05, 0.1) is 0 Å². The molecule has 2 aromatic heterocycles. The van der Waals surface area contributed by atoms with Crippen LogP contribution >= 0.6 is 23.1 Å². The molecule has 0 radical (unpaired) electrons. The van der Waals surface area contributed by atoms with Crippen LogP contribution in [0.3, 0.4) is 0 Å². The fourth-order valence-electron chi connectivity index (χ4n) is 0.304. The van der Waals surface area contributed by atoms with Crippen LogP contribution in [0.25, 0.3) is 0 Å². The van der Waals surface area contributed by atoms with E-state index in [4.69, 9.17) is 0 Å². The van der Waals surface area contributed by atoms with Crippen molar-refractivity contribution in [1.82, 2.24) is 8.75 Å². The number of hydrogen-bond donors (Lipinski definition) is 0. The number of aromatic nitrogens is 2. The Bertz CT molecular complexity index is 166. The van der Waals surface area contributed by atoms with Crippen LogP contribution in [0.2, 0.25) is 0 Å². The first-order valence-corrected chi connectivity index (χ1v) is 4.20. The van der Waals surface area contributed by atoms with Gasteiger partial charge in [-0.15, -0.1) is 23.2 Å². The summed E-state index contributed by atoms with van der Waals surface area (Å²) in [5.74, 6) is 0. The fraction of sp³-hybridized carbons (Fsp3) is 0. The van der Waals surface area contributed by atoms with Crippen molar-refractivity contribution in [3.05, 3.63) is 35.3 Å². The molecule has 0 amide bonds. The molecule has 0 aliphatic heterocycles. The van der Waals surface area contributed by atoms with Gasteiger partial charge in [0.15, 0.2) is 0 Å². The molecule has 7 heteroatoms. The Morgan fingerprint density at radius 2 is 1.23 bits per heavy atom. The molecule has 0 aromatic carbocycles. The molecule has 2 heterocycles. The van der Waals surface area contributed by atoms with E-state index in [1.54, 1.807) is 12.1 Å². The molecule has 0 unspecified atom stereocenters. The topological polar surface area (TPSA) is 25.8 Å². The molecule has 0 N–H and O–H groups in total. The van der Waals surface area contributed by atoms with Gasteiger partial charge in [0, 0.05) is 0 Å². The zero-order valence-corrected chi connectivity index (χ0v) is 10.4. The van der Waals surface area contributed by atoms with Gasteiger partial charge in [0.25, 0.3) is 0 Å². The number of rotatable bonds is 0. The van der Waals surface area contributed by atoms with Gasteiger partial charge in [0.2, 0.25) is 0 Å². The third kappa shape index (κ3) is 12.4. The molecule has 0 aliphatic carbocycles. The molecule has 0 atom stereocenters. The van der Waals surface area contributed by atoms with Crippen molar-refractivity contribution in [1.29, 1.82) is 0 Å². The molecule has 0 aliphatic rings. The molecule has 72 valence electrons. The maximum absolute atomic E-state index is 3.64. The number of nitrogens with zero attached hydrogens (tertiary/aromatic N) is 2. The molecule has 0 fully saturated rings. The minimum absolute atomic E-state index is 0. The van der Waals surface area contributed by atoms with E-state index in [0.717, 1.165) is 0 Å². The summed E-state index contributed by atoms with van der Waals surface area (Å²) in [6, 6.07) is 3.56. The van der Waals surface area contributed by atoms with Crippen molar-refractivity contribution in [2.24, 2.45) is 0 Å². The quantitative estimate of drug-likeness (QED) is 0.365. The maximum Gasteiger partial charge on any atom is 4.00 e. The summed E-state index contributed by atoms with van der Waals surface area (Å²) in [4.78, 5) is 0. The van der Waals surface area contributed by atoms with E-state index in [0.29, 0.717) is 0 Å². The third-order valence-electron chi connectivity index (χ3n) is 0.618. The van der Waals surface area contributed by atoms with Crippen molar-refractivity contribution in [2.75, 3.05) is 0 Å². The molecule has 0 spiro atoms. The molecule has 0 saturated carbocycles. The van der Waals surface area contributed by atoms with E-state index in [1.165, 1.54) is 23.1 Å². The molecular weight excluding hydrogens is 291 g/mol. The van der Waals surface area contributed by atoms with Gasteiger partial charge >= 0.3 is 17.1 Å². The second kappa shape index (κ2) is 14.9. The summed E-state index contributed by atoms with van der Waals surface area (Å²) in [5, 5.41) is 3.75. The Morgan fingerprint density at radius 1 is 0.846 bits per heavy atom. The zero-order valence-electron chi connectivity index (χ0n) is 6.13. The zero-order chi connectivity index (χ0) is 7.07.